The van der Waals surface area contributed by atoms with Gasteiger partial charge in [-0.1, -0.05) is 66.2 Å². The molecule has 3 aromatic carbocycles. The van der Waals surface area contributed by atoms with Crippen molar-refractivity contribution in [3.05, 3.63) is 82.9 Å². The summed E-state index contributed by atoms with van der Waals surface area (Å²) in [6.45, 7) is 8.29. The second-order valence-corrected chi connectivity index (χ2v) is 8.81. The molecule has 1 N–H and O–H groups in total. The van der Waals surface area contributed by atoms with Crippen LogP contribution in [0.5, 0.6) is 0 Å². The van der Waals surface area contributed by atoms with Crippen molar-refractivity contribution < 1.29 is 9.59 Å². The van der Waals surface area contributed by atoms with Crippen molar-refractivity contribution >= 4 is 22.6 Å². The fourth-order valence-electron chi connectivity index (χ4n) is 3.97. The fourth-order valence-corrected chi connectivity index (χ4v) is 3.97. The summed E-state index contributed by atoms with van der Waals surface area (Å²) in [7, 11) is 0. The van der Waals surface area contributed by atoms with Crippen molar-refractivity contribution in [3.63, 3.8) is 0 Å². The summed E-state index contributed by atoms with van der Waals surface area (Å²) in [4.78, 5) is 28.5. The Kier molecular flexibility index (Phi) is 4.65. The predicted octanol–water partition coefficient (Wildman–Crippen LogP) is 4.76. The first kappa shape index (κ1) is 19.2. The number of nitrogens with zero attached hydrogens (tertiary/aromatic N) is 1. The Balaban J connectivity index is 1.78. The summed E-state index contributed by atoms with van der Waals surface area (Å²) in [6.07, 6.45) is 0. The quantitative estimate of drug-likeness (QED) is 0.705. The van der Waals surface area contributed by atoms with Gasteiger partial charge in [-0.05, 0) is 49.6 Å². The number of nitrogens with one attached hydrogen (secondary N) is 1. The van der Waals surface area contributed by atoms with Gasteiger partial charge in [0, 0.05) is 12.1 Å². The van der Waals surface area contributed by atoms with E-state index in [9.17, 15) is 9.59 Å². The molecule has 0 fully saturated rings. The average molecular weight is 386 g/mol. The molecule has 4 heteroatoms. The lowest BCUT2D eigenvalue weighted by atomic mass is 10.0. The van der Waals surface area contributed by atoms with E-state index in [0.717, 1.165) is 27.5 Å². The lowest BCUT2D eigenvalue weighted by Crippen LogP contribution is -2.47. The third kappa shape index (κ3) is 3.63. The lowest BCUT2D eigenvalue weighted by Gasteiger charge is -2.31. The van der Waals surface area contributed by atoms with Gasteiger partial charge in [-0.25, -0.2) is 0 Å². The molecule has 0 saturated heterocycles. The van der Waals surface area contributed by atoms with Crippen LogP contribution in [0, 0.1) is 6.92 Å². The summed E-state index contributed by atoms with van der Waals surface area (Å²) in [5.41, 5.74) is 3.23. The van der Waals surface area contributed by atoms with Gasteiger partial charge in [0.15, 0.2) is 0 Å². The molecule has 148 valence electrons. The summed E-state index contributed by atoms with van der Waals surface area (Å²) < 4.78 is 0. The molecule has 0 saturated carbocycles. The highest BCUT2D eigenvalue weighted by Crippen LogP contribution is 2.35. The van der Waals surface area contributed by atoms with Gasteiger partial charge in [-0.3, -0.25) is 9.59 Å². The molecular formula is C25H26N2O2. The summed E-state index contributed by atoms with van der Waals surface area (Å²) >= 11 is 0. The van der Waals surface area contributed by atoms with Crippen molar-refractivity contribution in [2.75, 3.05) is 0 Å². The van der Waals surface area contributed by atoms with Gasteiger partial charge in [0.05, 0.1) is 5.56 Å². The number of carbonyl (C=O) groups excluding carboxylic acids is 2. The van der Waals surface area contributed by atoms with Crippen molar-refractivity contribution in [2.24, 2.45) is 0 Å². The molecule has 1 aliphatic rings. The topological polar surface area (TPSA) is 49.4 Å². The first-order valence-corrected chi connectivity index (χ1v) is 9.95. The van der Waals surface area contributed by atoms with E-state index in [4.69, 9.17) is 0 Å². The normalized spacial score (nSPS) is 14.8. The van der Waals surface area contributed by atoms with Crippen molar-refractivity contribution in [1.29, 1.82) is 0 Å². The van der Waals surface area contributed by atoms with E-state index in [2.05, 4.69) is 5.32 Å². The molecule has 1 atom stereocenters. The van der Waals surface area contributed by atoms with Crippen LogP contribution in [0.4, 0.5) is 0 Å². The number of fused-ring (bicyclic) bond motifs is 3. The summed E-state index contributed by atoms with van der Waals surface area (Å²) in [5.74, 6) is -0.252. The maximum Gasteiger partial charge on any atom is 0.256 e. The molecule has 29 heavy (non-hydrogen) atoms. The van der Waals surface area contributed by atoms with E-state index in [1.807, 2.05) is 88.4 Å². The van der Waals surface area contributed by atoms with E-state index in [1.165, 1.54) is 0 Å². The maximum atomic E-state index is 13.5. The zero-order valence-corrected chi connectivity index (χ0v) is 17.3. The van der Waals surface area contributed by atoms with Gasteiger partial charge < -0.3 is 10.2 Å². The second kappa shape index (κ2) is 7.03. The second-order valence-electron chi connectivity index (χ2n) is 8.81. The third-order valence-corrected chi connectivity index (χ3v) is 5.28. The molecule has 0 radical (unpaired) electrons. The molecule has 3 aromatic rings. The van der Waals surface area contributed by atoms with E-state index in [0.29, 0.717) is 12.1 Å². The van der Waals surface area contributed by atoms with Crippen molar-refractivity contribution in [3.8, 4) is 0 Å². The summed E-state index contributed by atoms with van der Waals surface area (Å²) in [6, 6.07) is 19.1. The van der Waals surface area contributed by atoms with Crippen LogP contribution in [-0.2, 0) is 11.3 Å². The monoisotopic (exact) mass is 386 g/mol. The van der Waals surface area contributed by atoms with E-state index in [1.54, 1.807) is 4.90 Å². The van der Waals surface area contributed by atoms with Crippen molar-refractivity contribution in [1.82, 2.24) is 10.2 Å². The van der Waals surface area contributed by atoms with Crippen LogP contribution >= 0.6 is 0 Å². The van der Waals surface area contributed by atoms with E-state index in [-0.39, 0.29) is 17.4 Å². The number of aryl methyl sites for hydroxylation is 1. The first-order valence-electron chi connectivity index (χ1n) is 9.95. The number of benzene rings is 3. The van der Waals surface area contributed by atoms with Crippen molar-refractivity contribution in [2.45, 2.75) is 45.8 Å². The number of rotatable bonds is 3. The minimum absolute atomic E-state index is 0.0913. The molecule has 0 aromatic heterocycles. The summed E-state index contributed by atoms with van der Waals surface area (Å²) in [5, 5.41) is 5.04. The molecule has 1 aliphatic heterocycles. The average Bonchev–Trinajstić information content (AvgIpc) is 2.99. The fraction of sp³-hybridized carbons (Fsp3) is 0.280. The molecule has 0 bridgehead atoms. The van der Waals surface area contributed by atoms with Crippen LogP contribution in [0.1, 0.15) is 53.9 Å². The molecule has 0 aliphatic carbocycles. The van der Waals surface area contributed by atoms with Gasteiger partial charge in [-0.2, -0.15) is 0 Å². The minimum Gasteiger partial charge on any atom is -0.349 e. The molecule has 1 unspecified atom stereocenters. The molecule has 2 amide bonds. The van der Waals surface area contributed by atoms with Crippen LogP contribution in [-0.4, -0.2) is 22.3 Å². The first-order chi connectivity index (χ1) is 13.7. The molecular weight excluding hydrogens is 360 g/mol. The Morgan fingerprint density at radius 3 is 2.38 bits per heavy atom. The molecule has 4 rings (SSSR count). The van der Waals surface area contributed by atoms with E-state index >= 15 is 0 Å². The largest absolute Gasteiger partial charge is 0.349 e. The van der Waals surface area contributed by atoms with Gasteiger partial charge >= 0.3 is 0 Å². The van der Waals surface area contributed by atoms with Gasteiger partial charge in [0.2, 0.25) is 5.91 Å². The van der Waals surface area contributed by atoms with Crippen LogP contribution < -0.4 is 5.32 Å². The van der Waals surface area contributed by atoms with Crippen LogP contribution in [0.2, 0.25) is 0 Å². The van der Waals surface area contributed by atoms with Crippen LogP contribution in [0.25, 0.3) is 10.8 Å². The number of carbonyl (C=O) groups is 2. The Morgan fingerprint density at radius 1 is 1.00 bits per heavy atom. The smallest absolute Gasteiger partial charge is 0.256 e. The Morgan fingerprint density at radius 2 is 1.69 bits per heavy atom. The van der Waals surface area contributed by atoms with Crippen LogP contribution in [0.15, 0.2) is 60.7 Å². The maximum absolute atomic E-state index is 13.5. The van der Waals surface area contributed by atoms with Gasteiger partial charge in [0.25, 0.3) is 5.91 Å². The molecule has 4 nitrogen and oxygen atoms in total. The standard InChI is InChI=1S/C25H26N2O2/c1-16-9-11-18(12-10-16)22(23(28)26-25(2,3)4)27-15-19-14-13-17-7-5-6-8-20(17)21(19)24(27)29/h5-14,22H,15H2,1-4H3,(H,26,28). The highest BCUT2D eigenvalue weighted by atomic mass is 16.2. The number of amides is 2. The number of hydrogen-bond donors (Lipinski definition) is 1. The Bertz CT molecular complexity index is 1090. The highest BCUT2D eigenvalue weighted by molar-refractivity contribution is 6.11. The Labute approximate surface area is 171 Å². The van der Waals surface area contributed by atoms with Crippen LogP contribution in [0.3, 0.4) is 0 Å². The third-order valence-electron chi connectivity index (χ3n) is 5.28. The van der Waals surface area contributed by atoms with Gasteiger partial charge in [0.1, 0.15) is 6.04 Å². The zero-order chi connectivity index (χ0) is 20.8. The minimum atomic E-state index is -0.673. The Hall–Kier alpha value is -3.14. The van der Waals surface area contributed by atoms with E-state index < -0.39 is 6.04 Å². The molecule has 1 heterocycles. The van der Waals surface area contributed by atoms with Gasteiger partial charge in [-0.15, -0.1) is 0 Å². The molecule has 0 spiro atoms. The lowest BCUT2D eigenvalue weighted by molar-refractivity contribution is -0.127. The zero-order valence-electron chi connectivity index (χ0n) is 17.3. The number of hydrogen-bond acceptors (Lipinski definition) is 2. The highest BCUT2D eigenvalue weighted by Gasteiger charge is 2.39. The SMILES string of the molecule is Cc1ccc(C(C(=O)NC(C)(C)C)N2Cc3ccc4ccccc4c3C2=O)cc1. The predicted molar refractivity (Wildman–Crippen MR) is 116 cm³/mol.